The van der Waals surface area contributed by atoms with Gasteiger partial charge in [-0.3, -0.25) is 4.79 Å². The second kappa shape index (κ2) is 7.39. The lowest BCUT2D eigenvalue weighted by Gasteiger charge is -2.26. The van der Waals surface area contributed by atoms with Crippen LogP contribution in [-0.2, 0) is 19.1 Å². The van der Waals surface area contributed by atoms with Gasteiger partial charge in [0.15, 0.2) is 0 Å². The summed E-state index contributed by atoms with van der Waals surface area (Å²) in [6.45, 7) is 2.26. The highest BCUT2D eigenvalue weighted by atomic mass is 19.3. The third kappa shape index (κ3) is 4.42. The largest absolute Gasteiger partial charge is 0.462 e. The van der Waals surface area contributed by atoms with E-state index in [0.29, 0.717) is 0 Å². The first-order valence-corrected chi connectivity index (χ1v) is 6.22. The Hall–Kier alpha value is -1.64. The molecule has 0 aromatic carbocycles. The van der Waals surface area contributed by atoms with Gasteiger partial charge in [-0.2, -0.15) is 8.78 Å². The predicted molar refractivity (Wildman–Crippen MR) is 63.1 cm³/mol. The van der Waals surface area contributed by atoms with Crippen LogP contribution >= 0.6 is 0 Å². The number of hydrogen-bond acceptors (Lipinski definition) is 5. The van der Waals surface area contributed by atoms with Crippen molar-refractivity contribution in [1.82, 2.24) is 4.90 Å². The second-order valence-corrected chi connectivity index (χ2v) is 4.16. The summed E-state index contributed by atoms with van der Waals surface area (Å²) >= 11 is 0. The van der Waals surface area contributed by atoms with E-state index in [1.807, 2.05) is 0 Å². The number of esters is 1. The van der Waals surface area contributed by atoms with Crippen molar-refractivity contribution in [3.05, 3.63) is 11.8 Å². The van der Waals surface area contributed by atoms with Crippen LogP contribution in [0.15, 0.2) is 11.8 Å². The van der Waals surface area contributed by atoms with E-state index in [1.54, 1.807) is 0 Å². The van der Waals surface area contributed by atoms with Crippen LogP contribution in [0.25, 0.3) is 0 Å². The molecule has 21 heavy (non-hydrogen) atoms. The van der Waals surface area contributed by atoms with Crippen LogP contribution in [0.4, 0.5) is 17.6 Å². The minimum absolute atomic E-state index is 0.174. The molecule has 0 aliphatic carbocycles. The highest BCUT2D eigenvalue weighted by Crippen LogP contribution is 2.27. The van der Waals surface area contributed by atoms with Gasteiger partial charge >= 0.3 is 18.3 Å². The molecular formula is C12H15F4NO4. The first-order chi connectivity index (χ1) is 9.80. The fourth-order valence-electron chi connectivity index (χ4n) is 1.58. The molecule has 1 saturated heterocycles. The van der Waals surface area contributed by atoms with Gasteiger partial charge in [0.1, 0.15) is 5.57 Å². The molecule has 0 unspecified atom stereocenters. The summed E-state index contributed by atoms with van der Waals surface area (Å²) in [6, 6.07) is 0. The molecule has 0 saturated carbocycles. The van der Waals surface area contributed by atoms with Gasteiger partial charge in [-0.1, -0.05) is 0 Å². The van der Waals surface area contributed by atoms with Gasteiger partial charge in [-0.25, -0.2) is 13.6 Å². The molecule has 0 radical (unpaired) electrons. The Morgan fingerprint density at radius 3 is 2.38 bits per heavy atom. The smallest absolute Gasteiger partial charge is 0.369 e. The highest BCUT2D eigenvalue weighted by Gasteiger charge is 2.51. The highest BCUT2D eigenvalue weighted by molar-refractivity contribution is 6.20. The second-order valence-electron chi connectivity index (χ2n) is 4.16. The number of Topliss-reactive ketones (excluding diaryl/α,β-unsaturated/α-hetero) is 1. The van der Waals surface area contributed by atoms with E-state index in [4.69, 9.17) is 4.74 Å². The molecular weight excluding hydrogens is 298 g/mol. The Kier molecular flexibility index (Phi) is 6.13. The summed E-state index contributed by atoms with van der Waals surface area (Å²) in [5, 5.41) is 0. The number of alkyl halides is 4. The summed E-state index contributed by atoms with van der Waals surface area (Å²) < 4.78 is 60.3. The lowest BCUT2D eigenvalue weighted by molar-refractivity contribution is -0.165. The zero-order valence-corrected chi connectivity index (χ0v) is 11.3. The molecule has 1 aliphatic heterocycles. The van der Waals surface area contributed by atoms with Crippen molar-refractivity contribution >= 4 is 11.8 Å². The quantitative estimate of drug-likeness (QED) is 0.243. The number of carbonyl (C=O) groups excluding carboxylic acids is 2. The van der Waals surface area contributed by atoms with Crippen molar-refractivity contribution in [2.24, 2.45) is 0 Å². The maximum absolute atomic E-state index is 13.2. The number of halogens is 4. The van der Waals surface area contributed by atoms with E-state index in [0.717, 1.165) is 6.20 Å². The van der Waals surface area contributed by atoms with Crippen LogP contribution in [0.3, 0.4) is 0 Å². The molecule has 5 nitrogen and oxygen atoms in total. The summed E-state index contributed by atoms with van der Waals surface area (Å²) in [6.07, 6.45) is -3.37. The lowest BCUT2D eigenvalue weighted by Crippen LogP contribution is -2.41. The number of ketones is 1. The minimum Gasteiger partial charge on any atom is -0.462 e. The summed E-state index contributed by atoms with van der Waals surface area (Å²) in [7, 11) is 0. The zero-order valence-electron chi connectivity index (χ0n) is 11.3. The van der Waals surface area contributed by atoms with Crippen molar-refractivity contribution in [3.63, 3.8) is 0 Å². The molecule has 0 N–H and O–H groups in total. The Morgan fingerprint density at radius 1 is 1.33 bits per heavy atom. The van der Waals surface area contributed by atoms with E-state index in [1.165, 1.54) is 11.8 Å². The zero-order chi connectivity index (χ0) is 16.0. The topological polar surface area (TPSA) is 55.8 Å². The molecule has 0 bridgehead atoms. The van der Waals surface area contributed by atoms with E-state index in [-0.39, 0.29) is 32.9 Å². The molecule has 0 aromatic rings. The first-order valence-electron chi connectivity index (χ1n) is 6.22. The lowest BCUT2D eigenvalue weighted by atomic mass is 10.1. The molecule has 0 amide bonds. The number of rotatable bonds is 6. The number of ether oxygens (including phenoxy) is 2. The van der Waals surface area contributed by atoms with E-state index < -0.39 is 29.7 Å². The summed E-state index contributed by atoms with van der Waals surface area (Å²) in [4.78, 5) is 24.5. The van der Waals surface area contributed by atoms with Gasteiger partial charge < -0.3 is 14.4 Å². The standard InChI is InChI=1S/C12H15F4NO4/c1-2-21-10(19)8(7-17-3-5-20-6-4-17)9(18)12(15,16)11(13)14/h7,11H,2-6H2,1H3/b8-7-. The molecule has 1 rings (SSSR count). The van der Waals surface area contributed by atoms with Crippen molar-refractivity contribution in [2.45, 2.75) is 19.3 Å². The third-order valence-electron chi connectivity index (χ3n) is 2.67. The van der Waals surface area contributed by atoms with Gasteiger partial charge in [0, 0.05) is 19.3 Å². The minimum atomic E-state index is -4.94. The van der Waals surface area contributed by atoms with Gasteiger partial charge in [0.2, 0.25) is 5.78 Å². The summed E-state index contributed by atoms with van der Waals surface area (Å²) in [5.74, 6) is -8.54. The normalized spacial score (nSPS) is 17.0. The molecule has 1 fully saturated rings. The predicted octanol–water partition coefficient (Wildman–Crippen LogP) is 1.24. The maximum atomic E-state index is 13.2. The average Bonchev–Trinajstić information content (AvgIpc) is 2.45. The third-order valence-corrected chi connectivity index (χ3v) is 2.67. The molecule has 0 aromatic heterocycles. The van der Waals surface area contributed by atoms with Gasteiger partial charge in [-0.05, 0) is 6.92 Å². The SMILES string of the molecule is CCOC(=O)/C(=C\N1CCOCC1)C(=O)C(F)(F)C(F)F. The summed E-state index contributed by atoms with van der Waals surface area (Å²) in [5.41, 5.74) is -1.09. The van der Waals surface area contributed by atoms with Crippen molar-refractivity contribution < 1.29 is 36.6 Å². The van der Waals surface area contributed by atoms with Crippen molar-refractivity contribution in [3.8, 4) is 0 Å². The molecule has 1 aliphatic rings. The van der Waals surface area contributed by atoms with E-state index >= 15 is 0 Å². The van der Waals surface area contributed by atoms with E-state index in [9.17, 15) is 27.2 Å². The first kappa shape index (κ1) is 17.4. The van der Waals surface area contributed by atoms with Crippen molar-refractivity contribution in [2.75, 3.05) is 32.9 Å². The van der Waals surface area contributed by atoms with E-state index in [2.05, 4.69) is 4.74 Å². The number of hydrogen-bond donors (Lipinski definition) is 0. The number of carbonyl (C=O) groups is 2. The Labute approximate surface area is 118 Å². The molecule has 0 atom stereocenters. The molecule has 1 heterocycles. The number of morpholine rings is 1. The van der Waals surface area contributed by atoms with Gasteiger partial charge in [0.05, 0.1) is 19.8 Å². The van der Waals surface area contributed by atoms with Crippen LogP contribution in [0, 0.1) is 0 Å². The van der Waals surface area contributed by atoms with Crippen LogP contribution in [0.1, 0.15) is 6.92 Å². The Bertz CT molecular complexity index is 419. The monoisotopic (exact) mass is 313 g/mol. The van der Waals surface area contributed by atoms with Crippen molar-refractivity contribution in [1.29, 1.82) is 0 Å². The Morgan fingerprint density at radius 2 is 1.90 bits per heavy atom. The van der Waals surface area contributed by atoms with Crippen LogP contribution < -0.4 is 0 Å². The fraction of sp³-hybridized carbons (Fsp3) is 0.667. The number of nitrogens with zero attached hydrogens (tertiary/aromatic N) is 1. The fourth-order valence-corrected chi connectivity index (χ4v) is 1.58. The van der Waals surface area contributed by atoms with Crippen LogP contribution in [0.2, 0.25) is 0 Å². The van der Waals surface area contributed by atoms with Gasteiger partial charge in [-0.15, -0.1) is 0 Å². The molecule has 0 spiro atoms. The van der Waals surface area contributed by atoms with Crippen LogP contribution in [0.5, 0.6) is 0 Å². The average molecular weight is 313 g/mol. The van der Waals surface area contributed by atoms with Gasteiger partial charge in [0.25, 0.3) is 0 Å². The molecule has 9 heteroatoms. The van der Waals surface area contributed by atoms with Crippen LogP contribution in [-0.4, -0.2) is 61.9 Å². The maximum Gasteiger partial charge on any atom is 0.369 e. The molecule has 120 valence electrons. The Balaban J connectivity index is 3.04.